The Morgan fingerprint density at radius 3 is 2.25 bits per heavy atom. The first-order valence-electron chi connectivity index (χ1n) is 1.77. The van der Waals surface area contributed by atoms with Crippen molar-refractivity contribution in [1.29, 1.82) is 0 Å². The van der Waals surface area contributed by atoms with Crippen molar-refractivity contribution in [2.75, 3.05) is 6.61 Å². The Morgan fingerprint density at radius 1 is 1.62 bits per heavy atom. The van der Waals surface area contributed by atoms with E-state index in [1.54, 1.807) is 0 Å². The van der Waals surface area contributed by atoms with Crippen LogP contribution in [0.1, 0.15) is 0 Å². The second-order valence-electron chi connectivity index (χ2n) is 1.14. The van der Waals surface area contributed by atoms with E-state index in [1.807, 2.05) is 0 Å². The molecule has 0 aromatic heterocycles. The zero-order valence-electron chi connectivity index (χ0n) is 3.90. The Bertz CT molecular complexity index is 114. The van der Waals surface area contributed by atoms with Crippen LogP contribution in [0.2, 0.25) is 0 Å². The summed E-state index contributed by atoms with van der Waals surface area (Å²) in [6.45, 7) is -1.01. The van der Waals surface area contributed by atoms with Crippen molar-refractivity contribution in [3.63, 3.8) is 0 Å². The fourth-order valence-electron chi connectivity index (χ4n) is 0.108. The molecule has 0 bridgehead atoms. The molecule has 5 nitrogen and oxygen atoms in total. The van der Waals surface area contributed by atoms with Gasteiger partial charge >= 0.3 is 0 Å². The summed E-state index contributed by atoms with van der Waals surface area (Å²) in [5.74, 6) is -2.65. The molecule has 0 spiro atoms. The fourth-order valence-corrected chi connectivity index (χ4v) is 0.108. The van der Waals surface area contributed by atoms with Crippen LogP contribution in [0.4, 0.5) is 0 Å². The van der Waals surface area contributed by atoms with Gasteiger partial charge in [0.1, 0.15) is 6.61 Å². The smallest absolute Gasteiger partial charge is 0.299 e. The number of hydrogen-bond donors (Lipinski definition) is 3. The summed E-state index contributed by atoms with van der Waals surface area (Å²) >= 11 is 0. The number of rotatable bonds is 2. The van der Waals surface area contributed by atoms with Gasteiger partial charge in [0.15, 0.2) is 0 Å². The lowest BCUT2D eigenvalue weighted by molar-refractivity contribution is -0.178. The lowest BCUT2D eigenvalue weighted by Crippen LogP contribution is -2.29. The van der Waals surface area contributed by atoms with E-state index in [0.717, 1.165) is 6.08 Å². The number of aliphatic hydroxyl groups is 3. The van der Waals surface area contributed by atoms with E-state index >= 15 is 0 Å². The fraction of sp³-hybridized carbons (Fsp3) is 0.667. The zero-order valence-corrected chi connectivity index (χ0v) is 3.90. The molecule has 5 heteroatoms. The first-order chi connectivity index (χ1) is 3.62. The third kappa shape index (κ3) is 2.44. The summed E-state index contributed by atoms with van der Waals surface area (Å²) in [4.78, 5) is 11.7. The van der Waals surface area contributed by atoms with Crippen molar-refractivity contribution in [1.82, 2.24) is 0 Å². The summed E-state index contributed by atoms with van der Waals surface area (Å²) < 4.78 is 0. The van der Waals surface area contributed by atoms with Crippen LogP contribution in [0.25, 0.3) is 0 Å². The Balaban J connectivity index is 3.90. The zero-order chi connectivity index (χ0) is 6.62. The van der Waals surface area contributed by atoms with E-state index in [1.165, 1.54) is 0 Å². The molecule has 0 saturated heterocycles. The number of isocyanates is 1. The lowest BCUT2D eigenvalue weighted by atomic mass is 10.5. The molecule has 0 amide bonds. The lowest BCUT2D eigenvalue weighted by Gasteiger charge is -2.07. The van der Waals surface area contributed by atoms with Gasteiger partial charge < -0.3 is 15.3 Å². The van der Waals surface area contributed by atoms with Gasteiger partial charge in [0, 0.05) is 0 Å². The Morgan fingerprint density at radius 2 is 2.12 bits per heavy atom. The first-order valence-corrected chi connectivity index (χ1v) is 1.77. The molecule has 0 fully saturated rings. The van der Waals surface area contributed by atoms with Gasteiger partial charge in [-0.3, -0.25) is 0 Å². The number of nitrogens with zero attached hydrogens (tertiary/aromatic N) is 1. The third-order valence-electron chi connectivity index (χ3n) is 0.437. The van der Waals surface area contributed by atoms with Crippen molar-refractivity contribution < 1.29 is 20.1 Å². The molecule has 0 aliphatic rings. The first kappa shape index (κ1) is 7.26. The summed E-state index contributed by atoms with van der Waals surface area (Å²) in [7, 11) is 0. The standard InChI is InChI=1S/C3H5NO4/c5-1-3(7,8)4-2-6/h5,7-8H,1H2. The molecule has 0 aliphatic heterocycles. The van der Waals surface area contributed by atoms with Crippen molar-refractivity contribution in [3.8, 4) is 0 Å². The van der Waals surface area contributed by atoms with Crippen molar-refractivity contribution in [2.45, 2.75) is 5.91 Å². The summed E-state index contributed by atoms with van der Waals surface area (Å²) in [5, 5.41) is 24.4. The quantitative estimate of drug-likeness (QED) is 0.222. The molecule has 0 atom stereocenters. The number of aliphatic hydroxyl groups excluding tert-OH is 1. The van der Waals surface area contributed by atoms with Crippen LogP contribution in [0.5, 0.6) is 0 Å². The molecular formula is C3H5NO4. The van der Waals surface area contributed by atoms with Gasteiger partial charge in [-0.1, -0.05) is 0 Å². The van der Waals surface area contributed by atoms with Gasteiger partial charge in [0.2, 0.25) is 6.08 Å². The molecule has 0 heterocycles. The SMILES string of the molecule is O=C=NC(O)(O)CO. The average molecular weight is 119 g/mol. The van der Waals surface area contributed by atoms with Crippen LogP contribution < -0.4 is 0 Å². The maximum Gasteiger partial charge on any atom is 0.299 e. The molecule has 0 aromatic rings. The van der Waals surface area contributed by atoms with E-state index in [9.17, 15) is 4.79 Å². The minimum absolute atomic E-state index is 0.874. The third-order valence-corrected chi connectivity index (χ3v) is 0.437. The maximum atomic E-state index is 9.26. The molecule has 0 radical (unpaired) electrons. The Kier molecular flexibility index (Phi) is 2.30. The minimum atomic E-state index is -2.65. The molecule has 0 saturated carbocycles. The number of hydrogen-bond acceptors (Lipinski definition) is 5. The van der Waals surface area contributed by atoms with E-state index in [0.29, 0.717) is 0 Å². The summed E-state index contributed by atoms with van der Waals surface area (Å²) in [6, 6.07) is 0. The van der Waals surface area contributed by atoms with E-state index in [2.05, 4.69) is 4.99 Å². The van der Waals surface area contributed by atoms with Crippen LogP contribution in [0, 0.1) is 0 Å². The van der Waals surface area contributed by atoms with Gasteiger partial charge in [0.25, 0.3) is 5.91 Å². The minimum Gasteiger partial charge on any atom is -0.388 e. The molecule has 0 rings (SSSR count). The highest BCUT2D eigenvalue weighted by Gasteiger charge is 2.18. The second kappa shape index (κ2) is 2.54. The predicted octanol–water partition coefficient (Wildman–Crippen LogP) is -2.05. The molecular weight excluding hydrogens is 114 g/mol. The normalized spacial score (nSPS) is 10.4. The molecule has 0 aromatic carbocycles. The van der Waals surface area contributed by atoms with Crippen LogP contribution in [-0.2, 0) is 4.79 Å². The van der Waals surface area contributed by atoms with E-state index in [-0.39, 0.29) is 0 Å². The molecule has 3 N–H and O–H groups in total. The topological polar surface area (TPSA) is 90.1 Å². The van der Waals surface area contributed by atoms with Gasteiger partial charge in [-0.15, -0.1) is 4.99 Å². The Hall–Kier alpha value is -0.740. The highest BCUT2D eigenvalue weighted by Crippen LogP contribution is 1.95. The highest BCUT2D eigenvalue weighted by molar-refractivity contribution is 5.33. The van der Waals surface area contributed by atoms with Crippen molar-refractivity contribution >= 4 is 6.08 Å². The molecule has 0 aliphatic carbocycles. The predicted molar refractivity (Wildman–Crippen MR) is 22.4 cm³/mol. The van der Waals surface area contributed by atoms with Crippen LogP contribution in [0.15, 0.2) is 4.99 Å². The molecule has 8 heavy (non-hydrogen) atoms. The summed E-state index contributed by atoms with van der Waals surface area (Å²) in [5.41, 5.74) is 0. The van der Waals surface area contributed by atoms with Crippen LogP contribution in [0.3, 0.4) is 0 Å². The largest absolute Gasteiger partial charge is 0.388 e. The van der Waals surface area contributed by atoms with E-state index < -0.39 is 12.5 Å². The van der Waals surface area contributed by atoms with Gasteiger partial charge in [0.05, 0.1) is 0 Å². The Labute approximate surface area is 44.9 Å². The average Bonchev–Trinajstić information content (AvgIpc) is 1.67. The van der Waals surface area contributed by atoms with Gasteiger partial charge in [-0.2, -0.15) is 0 Å². The second-order valence-corrected chi connectivity index (χ2v) is 1.14. The van der Waals surface area contributed by atoms with E-state index in [4.69, 9.17) is 15.3 Å². The molecule has 46 valence electrons. The van der Waals surface area contributed by atoms with Gasteiger partial charge in [-0.05, 0) is 0 Å². The monoisotopic (exact) mass is 119 g/mol. The van der Waals surface area contributed by atoms with Crippen molar-refractivity contribution in [3.05, 3.63) is 0 Å². The highest BCUT2D eigenvalue weighted by atomic mass is 16.5. The molecule has 0 unspecified atom stereocenters. The maximum absolute atomic E-state index is 9.26. The number of carbonyl (C=O) groups excluding carboxylic acids is 1. The van der Waals surface area contributed by atoms with Crippen molar-refractivity contribution in [2.24, 2.45) is 4.99 Å². The van der Waals surface area contributed by atoms with Gasteiger partial charge in [-0.25, -0.2) is 4.79 Å². The number of aliphatic imine (C=N–C) groups is 1. The van der Waals surface area contributed by atoms with Crippen LogP contribution >= 0.6 is 0 Å². The van der Waals surface area contributed by atoms with Crippen LogP contribution in [-0.4, -0.2) is 33.9 Å². The summed E-state index contributed by atoms with van der Waals surface area (Å²) in [6.07, 6.45) is 0.874.